The minimum Gasteiger partial charge on any atom is -0.461 e. The SMILES string of the molecule is CCCCCC[C@@]12OC(C)(C)O[C@@H]1COC2=O. The van der Waals surface area contributed by atoms with Crippen LogP contribution in [-0.2, 0) is 19.0 Å². The van der Waals surface area contributed by atoms with Crippen molar-refractivity contribution in [2.45, 2.75) is 70.4 Å². The van der Waals surface area contributed by atoms with E-state index in [1.165, 1.54) is 12.8 Å². The molecule has 0 amide bonds. The summed E-state index contributed by atoms with van der Waals surface area (Å²) in [7, 11) is 0. The van der Waals surface area contributed by atoms with Gasteiger partial charge in [0.2, 0.25) is 0 Å². The maximum atomic E-state index is 11.9. The fraction of sp³-hybridized carbons (Fsp3) is 0.923. The Bertz CT molecular complexity index is 300. The normalized spacial score (nSPS) is 34.8. The summed E-state index contributed by atoms with van der Waals surface area (Å²) in [5.74, 6) is -0.918. The highest BCUT2D eigenvalue weighted by molar-refractivity contribution is 5.83. The lowest BCUT2D eigenvalue weighted by molar-refractivity contribution is -0.194. The number of carbonyl (C=O) groups is 1. The molecule has 0 aromatic heterocycles. The highest BCUT2D eigenvalue weighted by atomic mass is 16.8. The molecule has 0 saturated carbocycles. The maximum absolute atomic E-state index is 11.9. The van der Waals surface area contributed by atoms with Crippen LogP contribution in [0.15, 0.2) is 0 Å². The molecule has 0 aromatic rings. The number of fused-ring (bicyclic) bond motifs is 1. The van der Waals surface area contributed by atoms with Crippen LogP contribution in [0.5, 0.6) is 0 Å². The summed E-state index contributed by atoms with van der Waals surface area (Å²) in [4.78, 5) is 11.9. The van der Waals surface area contributed by atoms with Crippen molar-refractivity contribution in [2.24, 2.45) is 0 Å². The predicted molar refractivity (Wildman–Crippen MR) is 62.5 cm³/mol. The van der Waals surface area contributed by atoms with E-state index in [-0.39, 0.29) is 12.1 Å². The molecule has 0 aromatic carbocycles. The monoisotopic (exact) mass is 242 g/mol. The largest absolute Gasteiger partial charge is 0.461 e. The van der Waals surface area contributed by atoms with E-state index >= 15 is 0 Å². The van der Waals surface area contributed by atoms with Gasteiger partial charge in [0.25, 0.3) is 0 Å². The zero-order valence-electron chi connectivity index (χ0n) is 11.0. The molecule has 2 heterocycles. The Balaban J connectivity index is 2.01. The first-order chi connectivity index (χ1) is 8.00. The first-order valence-electron chi connectivity index (χ1n) is 6.55. The fourth-order valence-electron chi connectivity index (χ4n) is 2.71. The molecule has 0 N–H and O–H groups in total. The summed E-state index contributed by atoms with van der Waals surface area (Å²) in [5, 5.41) is 0. The standard InChI is InChI=1S/C13H22O4/c1-4-5-6-7-8-13-10(9-15-11(13)14)16-12(2,3)17-13/h10H,4-9H2,1-3H3/t10-,13-/m1/s1. The topological polar surface area (TPSA) is 44.8 Å². The van der Waals surface area contributed by atoms with E-state index in [2.05, 4.69) is 6.92 Å². The first kappa shape index (κ1) is 12.8. The predicted octanol–water partition coefficient (Wildman–Crippen LogP) is 2.40. The molecule has 0 unspecified atom stereocenters. The second-order valence-corrected chi connectivity index (χ2v) is 5.41. The Kier molecular flexibility index (Phi) is 3.46. The molecule has 2 saturated heterocycles. The number of carbonyl (C=O) groups excluding carboxylic acids is 1. The average molecular weight is 242 g/mol. The van der Waals surface area contributed by atoms with Crippen molar-refractivity contribution in [3.8, 4) is 0 Å². The average Bonchev–Trinajstić information content (AvgIpc) is 2.67. The van der Waals surface area contributed by atoms with Gasteiger partial charge in [-0.3, -0.25) is 0 Å². The van der Waals surface area contributed by atoms with Gasteiger partial charge in [-0.25, -0.2) is 4.79 Å². The van der Waals surface area contributed by atoms with Crippen LogP contribution < -0.4 is 0 Å². The minimum atomic E-state index is -0.836. The lowest BCUT2D eigenvalue weighted by atomic mass is 9.92. The van der Waals surface area contributed by atoms with Crippen molar-refractivity contribution in [3.05, 3.63) is 0 Å². The van der Waals surface area contributed by atoms with E-state index in [1.54, 1.807) is 0 Å². The molecule has 0 radical (unpaired) electrons. The van der Waals surface area contributed by atoms with Crippen LogP contribution in [-0.4, -0.2) is 30.1 Å². The molecule has 4 nitrogen and oxygen atoms in total. The second kappa shape index (κ2) is 4.58. The number of hydrogen-bond donors (Lipinski definition) is 0. The van der Waals surface area contributed by atoms with E-state index in [0.29, 0.717) is 13.0 Å². The first-order valence-corrected chi connectivity index (χ1v) is 6.55. The highest BCUT2D eigenvalue weighted by Gasteiger charge is 2.62. The van der Waals surface area contributed by atoms with Crippen LogP contribution in [0.25, 0.3) is 0 Å². The molecule has 2 atom stereocenters. The molecule has 98 valence electrons. The zero-order valence-corrected chi connectivity index (χ0v) is 11.0. The minimum absolute atomic E-state index is 0.230. The van der Waals surface area contributed by atoms with Crippen LogP contribution in [0.1, 0.15) is 52.9 Å². The van der Waals surface area contributed by atoms with Crippen molar-refractivity contribution >= 4 is 5.97 Å². The van der Waals surface area contributed by atoms with Crippen molar-refractivity contribution in [1.82, 2.24) is 0 Å². The smallest absolute Gasteiger partial charge is 0.341 e. The quantitative estimate of drug-likeness (QED) is 0.548. The number of cyclic esters (lactones) is 1. The fourth-order valence-corrected chi connectivity index (χ4v) is 2.71. The molecule has 4 heteroatoms. The number of hydrogen-bond acceptors (Lipinski definition) is 4. The van der Waals surface area contributed by atoms with Gasteiger partial charge < -0.3 is 14.2 Å². The molecule has 0 bridgehead atoms. The van der Waals surface area contributed by atoms with Crippen LogP contribution in [0.3, 0.4) is 0 Å². The number of esters is 1. The van der Waals surface area contributed by atoms with Gasteiger partial charge in [-0.05, 0) is 26.7 Å². The molecule has 2 rings (SSSR count). The van der Waals surface area contributed by atoms with Crippen molar-refractivity contribution in [2.75, 3.05) is 6.61 Å². The highest BCUT2D eigenvalue weighted by Crippen LogP contribution is 2.44. The van der Waals surface area contributed by atoms with Gasteiger partial charge in [0.05, 0.1) is 0 Å². The maximum Gasteiger partial charge on any atom is 0.341 e. The lowest BCUT2D eigenvalue weighted by Gasteiger charge is -2.24. The summed E-state index contributed by atoms with van der Waals surface area (Å²) in [6.07, 6.45) is 4.97. The Labute approximate surface area is 103 Å². The van der Waals surface area contributed by atoms with Gasteiger partial charge in [0, 0.05) is 0 Å². The van der Waals surface area contributed by atoms with E-state index in [1.807, 2.05) is 13.8 Å². The third-order valence-corrected chi connectivity index (χ3v) is 3.49. The summed E-state index contributed by atoms with van der Waals surface area (Å²) in [6.45, 7) is 6.21. The van der Waals surface area contributed by atoms with Gasteiger partial charge in [0.1, 0.15) is 12.7 Å². The van der Waals surface area contributed by atoms with Crippen molar-refractivity contribution in [1.29, 1.82) is 0 Å². The summed E-state index contributed by atoms with van der Waals surface area (Å²) >= 11 is 0. The summed E-state index contributed by atoms with van der Waals surface area (Å²) in [6, 6.07) is 0. The third-order valence-electron chi connectivity index (χ3n) is 3.49. The van der Waals surface area contributed by atoms with Crippen LogP contribution >= 0.6 is 0 Å². The molecule has 0 spiro atoms. The van der Waals surface area contributed by atoms with Crippen LogP contribution in [0.2, 0.25) is 0 Å². The van der Waals surface area contributed by atoms with E-state index in [0.717, 1.165) is 12.8 Å². The molecule has 2 aliphatic heterocycles. The second-order valence-electron chi connectivity index (χ2n) is 5.41. The third kappa shape index (κ3) is 2.33. The number of unbranched alkanes of at least 4 members (excludes halogenated alkanes) is 3. The van der Waals surface area contributed by atoms with Gasteiger partial charge >= 0.3 is 5.97 Å². The lowest BCUT2D eigenvalue weighted by Crippen LogP contribution is -2.43. The van der Waals surface area contributed by atoms with E-state index in [4.69, 9.17) is 14.2 Å². The van der Waals surface area contributed by atoms with Crippen molar-refractivity contribution < 1.29 is 19.0 Å². The summed E-state index contributed by atoms with van der Waals surface area (Å²) < 4.78 is 16.7. The Morgan fingerprint density at radius 1 is 1.29 bits per heavy atom. The molecule has 2 fully saturated rings. The van der Waals surface area contributed by atoms with E-state index < -0.39 is 11.4 Å². The Morgan fingerprint density at radius 2 is 2.06 bits per heavy atom. The van der Waals surface area contributed by atoms with Gasteiger partial charge in [-0.1, -0.05) is 26.2 Å². The van der Waals surface area contributed by atoms with Gasteiger partial charge in [-0.2, -0.15) is 0 Å². The molecule has 17 heavy (non-hydrogen) atoms. The number of rotatable bonds is 5. The van der Waals surface area contributed by atoms with Gasteiger partial charge in [-0.15, -0.1) is 0 Å². The molecule has 0 aliphatic carbocycles. The number of ether oxygens (including phenoxy) is 3. The Morgan fingerprint density at radius 3 is 2.76 bits per heavy atom. The molecular weight excluding hydrogens is 220 g/mol. The van der Waals surface area contributed by atoms with Crippen molar-refractivity contribution in [3.63, 3.8) is 0 Å². The van der Waals surface area contributed by atoms with Crippen LogP contribution in [0.4, 0.5) is 0 Å². The molecular formula is C13H22O4. The molecule has 2 aliphatic rings. The summed E-state index contributed by atoms with van der Waals surface area (Å²) in [5.41, 5.74) is -0.836. The zero-order chi connectivity index (χ0) is 12.5. The Hall–Kier alpha value is -0.610. The van der Waals surface area contributed by atoms with E-state index in [9.17, 15) is 4.79 Å². The van der Waals surface area contributed by atoms with Gasteiger partial charge in [0.15, 0.2) is 11.4 Å². The van der Waals surface area contributed by atoms with Crippen LogP contribution in [0, 0.1) is 0 Å².